The van der Waals surface area contributed by atoms with Gasteiger partial charge in [0.15, 0.2) is 11.5 Å². The number of nitrogens with zero attached hydrogens (tertiary/aromatic N) is 6. The lowest BCUT2D eigenvalue weighted by Gasteiger charge is -2.31. The number of carbonyl (C=O) groups is 7. The van der Waals surface area contributed by atoms with Gasteiger partial charge in [-0.15, -0.1) is 0 Å². The van der Waals surface area contributed by atoms with Gasteiger partial charge in [-0.3, -0.25) is 28.9 Å². The highest BCUT2D eigenvalue weighted by atomic mass is 127. The van der Waals surface area contributed by atoms with Crippen LogP contribution in [-0.2, 0) is 44.5 Å². The molecule has 3 aliphatic rings. The number of aldehydes is 1. The van der Waals surface area contributed by atoms with Crippen LogP contribution in [-0.4, -0.2) is 164 Å². The molecule has 1 unspecified atom stereocenters. The number of nitrogens with one attached hydrogen (secondary N) is 3. The number of aryl methyl sites for hydroxylation is 2. The number of aliphatic hydroxyl groups is 1. The van der Waals surface area contributed by atoms with Crippen molar-refractivity contribution in [2.45, 2.75) is 95.5 Å². The molecule has 0 bridgehead atoms. The number of benzene rings is 2. The van der Waals surface area contributed by atoms with Gasteiger partial charge in [-0.05, 0) is 89.0 Å². The fourth-order valence-corrected chi connectivity index (χ4v) is 9.99. The van der Waals surface area contributed by atoms with Crippen molar-refractivity contribution in [3.8, 4) is 17.2 Å². The Balaban J connectivity index is 1.02. The fraction of sp³-hybridized carbons (Fsp3) is 0.482. The number of halogens is 1. The second kappa shape index (κ2) is 27.0. The van der Waals surface area contributed by atoms with E-state index in [1.165, 1.54) is 26.1 Å². The van der Waals surface area contributed by atoms with Crippen molar-refractivity contribution in [2.24, 2.45) is 14.1 Å². The van der Waals surface area contributed by atoms with Gasteiger partial charge < -0.3 is 73.2 Å². The Morgan fingerprint density at radius 3 is 2.45 bits per heavy atom. The molecule has 7 rings (SSSR count). The Bertz CT molecular complexity index is 2960. The summed E-state index contributed by atoms with van der Waals surface area (Å²) in [7, 11) is 9.93. The van der Waals surface area contributed by atoms with E-state index in [-0.39, 0.29) is 103 Å². The summed E-state index contributed by atoms with van der Waals surface area (Å²) in [5, 5.41) is 19.2. The van der Waals surface area contributed by atoms with Crippen LogP contribution < -0.4 is 38.2 Å². The monoisotopic (exact) mass is 1220 g/mol. The lowest BCUT2D eigenvalue weighted by Crippen LogP contribution is -2.42. The molecule has 24 heteroatoms. The molecule has 80 heavy (non-hydrogen) atoms. The highest BCUT2D eigenvalue weighted by Crippen LogP contribution is 2.41. The van der Waals surface area contributed by atoms with E-state index in [1.807, 2.05) is 43.8 Å². The first kappa shape index (κ1) is 60.6. The zero-order valence-corrected chi connectivity index (χ0v) is 48.7. The maximum atomic E-state index is 14.4. The number of rotatable bonds is 24. The molecule has 6 amide bonds. The number of anilines is 3. The van der Waals surface area contributed by atoms with Crippen LogP contribution in [0, 0.1) is 0 Å². The molecule has 2 aromatic heterocycles. The van der Waals surface area contributed by atoms with Crippen molar-refractivity contribution in [3.63, 3.8) is 0 Å². The summed E-state index contributed by atoms with van der Waals surface area (Å²) >= 11 is 1.89. The van der Waals surface area contributed by atoms with Crippen molar-refractivity contribution in [2.75, 3.05) is 81.0 Å². The predicted octanol–water partition coefficient (Wildman–Crippen LogP) is 5.76. The number of amides is 6. The van der Waals surface area contributed by atoms with Crippen LogP contribution in [0.25, 0.3) is 0 Å². The Labute approximate surface area is 479 Å². The average molecular weight is 1220 g/mol. The smallest absolute Gasteiger partial charge is 0.414 e. The van der Waals surface area contributed by atoms with Crippen LogP contribution in [0.4, 0.5) is 21.9 Å². The van der Waals surface area contributed by atoms with E-state index in [1.54, 1.807) is 91.1 Å². The molecule has 0 spiro atoms. The maximum absolute atomic E-state index is 14.4. The second-order valence-electron chi connectivity index (χ2n) is 20.7. The third-order valence-electron chi connectivity index (χ3n) is 14.2. The van der Waals surface area contributed by atoms with Crippen LogP contribution in [0.3, 0.4) is 0 Å². The molecular weight excluding hydrogens is 1150 g/mol. The van der Waals surface area contributed by atoms with E-state index in [4.69, 9.17) is 28.4 Å². The van der Waals surface area contributed by atoms with Gasteiger partial charge in [0.25, 0.3) is 23.6 Å². The van der Waals surface area contributed by atoms with Gasteiger partial charge >= 0.3 is 6.09 Å². The van der Waals surface area contributed by atoms with Crippen molar-refractivity contribution in [3.05, 3.63) is 95.1 Å². The number of ether oxygens (including phenoxy) is 6. The summed E-state index contributed by atoms with van der Waals surface area (Å²) in [6, 6.07) is 10.6. The molecular formula is C56H72IN9O14. The first-order chi connectivity index (χ1) is 38.1. The molecule has 0 saturated carbocycles. The van der Waals surface area contributed by atoms with Gasteiger partial charge in [-0.25, -0.2) is 7.91 Å². The predicted molar refractivity (Wildman–Crippen MR) is 305 cm³/mol. The van der Waals surface area contributed by atoms with Gasteiger partial charge in [0.2, 0.25) is 12.2 Å². The number of methoxy groups -OCH3 is 2. The summed E-state index contributed by atoms with van der Waals surface area (Å²) in [6.07, 6.45) is 2.56. The van der Waals surface area contributed by atoms with E-state index in [0.717, 1.165) is 18.5 Å². The summed E-state index contributed by atoms with van der Waals surface area (Å²) in [5.74, 6) is -1.14. The first-order valence-corrected chi connectivity index (χ1v) is 27.3. The molecule has 4 N–H and O–H groups in total. The van der Waals surface area contributed by atoms with Gasteiger partial charge in [0.1, 0.15) is 36.1 Å². The van der Waals surface area contributed by atoms with Gasteiger partial charge in [0, 0.05) is 85.6 Å². The molecule has 432 valence electrons. The lowest BCUT2D eigenvalue weighted by molar-refractivity contribution is -0.176. The number of aromatic nitrogens is 2. The van der Waals surface area contributed by atoms with E-state index in [2.05, 4.69) is 22.5 Å². The molecule has 4 atom stereocenters. The Morgan fingerprint density at radius 2 is 1.73 bits per heavy atom. The zero-order valence-electron chi connectivity index (χ0n) is 46.5. The minimum absolute atomic E-state index is 0.0337. The largest absolute Gasteiger partial charge is 0.493 e. The van der Waals surface area contributed by atoms with Crippen LogP contribution in [0.5, 0.6) is 17.2 Å². The van der Waals surface area contributed by atoms with Crippen molar-refractivity contribution in [1.29, 1.82) is 0 Å². The van der Waals surface area contributed by atoms with Gasteiger partial charge in [0.05, 0.1) is 89.1 Å². The summed E-state index contributed by atoms with van der Waals surface area (Å²) in [5.41, 5.74) is 2.86. The lowest BCUT2D eigenvalue weighted by atomic mass is 10.0. The quantitative estimate of drug-likeness (QED) is 0.0214. The van der Waals surface area contributed by atoms with Crippen LogP contribution >= 0.6 is 22.9 Å². The Kier molecular flexibility index (Phi) is 20.4. The third-order valence-corrected chi connectivity index (χ3v) is 15.2. The van der Waals surface area contributed by atoms with Gasteiger partial charge in [-0.2, -0.15) is 0 Å². The summed E-state index contributed by atoms with van der Waals surface area (Å²) in [6.45, 7) is 9.63. The Morgan fingerprint density at radius 1 is 0.963 bits per heavy atom. The molecule has 0 aliphatic carbocycles. The number of fused-ring (bicyclic) bond motifs is 2. The fourth-order valence-electron chi connectivity index (χ4n) is 9.47. The molecule has 2 aromatic carbocycles. The van der Waals surface area contributed by atoms with Crippen LogP contribution in [0.2, 0.25) is 0 Å². The van der Waals surface area contributed by atoms with E-state index in [9.17, 15) is 38.7 Å². The highest BCUT2D eigenvalue weighted by molar-refractivity contribution is 14.1. The summed E-state index contributed by atoms with van der Waals surface area (Å²) < 4.78 is 40.0. The van der Waals surface area contributed by atoms with Gasteiger partial charge in [-0.1, -0.05) is 18.2 Å². The third kappa shape index (κ3) is 14.9. The summed E-state index contributed by atoms with van der Waals surface area (Å²) in [4.78, 5) is 98.7. The minimum atomic E-state index is -1.02. The molecule has 23 nitrogen and oxygen atoms in total. The normalized spacial score (nSPS) is 17.9. The van der Waals surface area contributed by atoms with E-state index in [0.29, 0.717) is 67.1 Å². The van der Waals surface area contributed by atoms with Crippen LogP contribution in [0.15, 0.2) is 67.0 Å². The number of carbonyl (C=O) groups excluding carboxylic acids is 7. The first-order valence-electron chi connectivity index (χ1n) is 26.3. The van der Waals surface area contributed by atoms with E-state index >= 15 is 0 Å². The SMILES string of the molecule is C=C1CC2CN(C(=O)OCc3ccc(O[C@H]4C[C@@H](O)C[C@@H](C=O)O4)c(C(=O)N(C)CCC(C)(C)OC)c3)c3cc(OCCCC(=O)Nc4cc(C(=O)N(I)c5cc(C(=O)NCCCNC)n(C)c5)n(C)c4)c(OC)cc3C(=O)N2C1. The number of aliphatic hydroxyl groups excluding tert-OH is 1. The number of hydrogen-bond acceptors (Lipinski definition) is 15. The second-order valence-corrected chi connectivity index (χ2v) is 21.7. The minimum Gasteiger partial charge on any atom is -0.493 e. The highest BCUT2D eigenvalue weighted by Gasteiger charge is 2.41. The van der Waals surface area contributed by atoms with Crippen LogP contribution in [0.1, 0.15) is 106 Å². The molecule has 0 radical (unpaired) electrons. The van der Waals surface area contributed by atoms with Crippen molar-refractivity contribution >= 4 is 81.8 Å². The molecule has 4 aromatic rings. The average Bonchev–Trinajstić information content (AvgIpc) is 4.14. The topological polar surface area (TPSA) is 254 Å². The zero-order chi connectivity index (χ0) is 58.0. The molecule has 2 fully saturated rings. The maximum Gasteiger partial charge on any atom is 0.414 e. The van der Waals surface area contributed by atoms with E-state index < -0.39 is 42.1 Å². The standard InChI is InChI=1S/C56H72IN9O14/c1-34-20-37-31-65(55(74)78-33-35-13-14-46(80-50-25-39(68)24-40(32-67)79-50)42(21-35)52(71)61(5)18-15-56(2,3)76-9)43-27-48(47(75-8)26-41(43)53(72)64(37)28-34)77-19-10-12-49(69)60-36-22-45(62(6)29-36)54(73)66(57)38-23-44(63(7)30-38)51(70)59-17-11-16-58-4/h13-14,21-23,26-27,29-30,32,37,39-40,50,58,68H,1,10-12,15-20,24-25,28,31,33H2,2-9H3,(H,59,70)(H,60,69)/t37?,39-,40-,50-/m0/s1. The molecule has 2 saturated heterocycles. The number of hydrogen-bond donors (Lipinski definition) is 4. The Hall–Kier alpha value is -7.00. The van der Waals surface area contributed by atoms with Crippen molar-refractivity contribution < 1.29 is 67.1 Å². The van der Waals surface area contributed by atoms with Crippen molar-refractivity contribution in [1.82, 2.24) is 29.6 Å². The molecule has 3 aliphatic heterocycles. The molecule has 5 heterocycles.